The Morgan fingerprint density at radius 1 is 1.29 bits per heavy atom. The fraction of sp³-hybridized carbons (Fsp3) is 0.0909. The number of nitrogens with two attached hydrogens (primary N) is 1. The van der Waals surface area contributed by atoms with E-state index in [1.54, 1.807) is 0 Å². The normalized spacial score (nSPS) is 10.3. The summed E-state index contributed by atoms with van der Waals surface area (Å²) >= 11 is 5.97. The van der Waals surface area contributed by atoms with E-state index in [1.165, 1.54) is 31.4 Å². The lowest BCUT2D eigenvalue weighted by atomic mass is 10.1. The Balaban J connectivity index is 2.59. The third-order valence-corrected chi connectivity index (χ3v) is 2.46. The molecule has 0 saturated heterocycles. The molecule has 2 rings (SSSR count). The number of benzene rings is 1. The van der Waals surface area contributed by atoms with E-state index in [0.717, 1.165) is 0 Å². The van der Waals surface area contributed by atoms with Gasteiger partial charge < -0.3 is 10.5 Å². The summed E-state index contributed by atoms with van der Waals surface area (Å²) in [5.41, 5.74) is 6.38. The molecule has 0 aliphatic carbocycles. The summed E-state index contributed by atoms with van der Waals surface area (Å²) in [7, 11) is 1.46. The summed E-state index contributed by atoms with van der Waals surface area (Å²) in [6.45, 7) is 0. The van der Waals surface area contributed by atoms with E-state index in [2.05, 4.69) is 9.97 Å². The van der Waals surface area contributed by atoms with E-state index < -0.39 is 5.82 Å². The van der Waals surface area contributed by atoms with Gasteiger partial charge in [0.15, 0.2) is 0 Å². The number of ether oxygens (including phenoxy) is 1. The molecule has 0 bridgehead atoms. The molecule has 17 heavy (non-hydrogen) atoms. The fourth-order valence-corrected chi connectivity index (χ4v) is 1.59. The first-order valence-electron chi connectivity index (χ1n) is 4.74. The van der Waals surface area contributed by atoms with E-state index in [-0.39, 0.29) is 5.95 Å². The molecule has 88 valence electrons. The van der Waals surface area contributed by atoms with Crippen molar-refractivity contribution in [1.29, 1.82) is 0 Å². The van der Waals surface area contributed by atoms with Gasteiger partial charge in [0.2, 0.25) is 11.8 Å². The second-order valence-electron chi connectivity index (χ2n) is 3.28. The number of nitrogens with zero attached hydrogens (tertiary/aromatic N) is 2. The second-order valence-corrected chi connectivity index (χ2v) is 3.69. The molecule has 1 aromatic carbocycles. The lowest BCUT2D eigenvalue weighted by Crippen LogP contribution is -1.99. The van der Waals surface area contributed by atoms with Crippen LogP contribution >= 0.6 is 11.6 Å². The van der Waals surface area contributed by atoms with Crippen LogP contribution in [0.5, 0.6) is 5.88 Å². The summed E-state index contributed by atoms with van der Waals surface area (Å²) in [4.78, 5) is 7.83. The molecule has 0 saturated carbocycles. The van der Waals surface area contributed by atoms with Crippen LogP contribution in [-0.2, 0) is 0 Å². The highest BCUT2D eigenvalue weighted by atomic mass is 35.5. The number of methoxy groups -OCH3 is 1. The highest BCUT2D eigenvalue weighted by Crippen LogP contribution is 2.29. The van der Waals surface area contributed by atoms with Gasteiger partial charge in [-0.25, -0.2) is 9.37 Å². The van der Waals surface area contributed by atoms with Crippen molar-refractivity contribution in [1.82, 2.24) is 9.97 Å². The molecule has 0 amide bonds. The van der Waals surface area contributed by atoms with Gasteiger partial charge in [-0.05, 0) is 18.2 Å². The summed E-state index contributed by atoms with van der Waals surface area (Å²) < 4.78 is 18.1. The van der Waals surface area contributed by atoms with Crippen molar-refractivity contribution in [2.45, 2.75) is 0 Å². The van der Waals surface area contributed by atoms with E-state index in [9.17, 15) is 4.39 Å². The molecule has 0 aliphatic rings. The monoisotopic (exact) mass is 253 g/mol. The van der Waals surface area contributed by atoms with Gasteiger partial charge in [-0.2, -0.15) is 4.98 Å². The van der Waals surface area contributed by atoms with Gasteiger partial charge >= 0.3 is 0 Å². The topological polar surface area (TPSA) is 61.0 Å². The predicted octanol–water partition coefficient (Wildman–Crippen LogP) is 2.53. The minimum atomic E-state index is -0.402. The van der Waals surface area contributed by atoms with Crippen LogP contribution in [0.1, 0.15) is 0 Å². The molecule has 0 radical (unpaired) electrons. The van der Waals surface area contributed by atoms with Gasteiger partial charge in [0, 0.05) is 11.6 Å². The molecule has 4 nitrogen and oxygen atoms in total. The van der Waals surface area contributed by atoms with Gasteiger partial charge in [0.1, 0.15) is 5.82 Å². The van der Waals surface area contributed by atoms with Gasteiger partial charge in [-0.15, -0.1) is 0 Å². The maximum absolute atomic E-state index is 13.2. The molecule has 2 N–H and O–H groups in total. The first-order valence-corrected chi connectivity index (χ1v) is 5.12. The van der Waals surface area contributed by atoms with Crippen molar-refractivity contribution < 1.29 is 9.13 Å². The molecule has 0 fully saturated rings. The highest BCUT2D eigenvalue weighted by Gasteiger charge is 2.09. The quantitative estimate of drug-likeness (QED) is 0.893. The summed E-state index contributed by atoms with van der Waals surface area (Å²) in [5.74, 6) is -0.0620. The molecular formula is C11H9ClFN3O. The van der Waals surface area contributed by atoms with E-state index in [0.29, 0.717) is 22.2 Å². The Morgan fingerprint density at radius 3 is 2.76 bits per heavy atom. The summed E-state index contributed by atoms with van der Waals surface area (Å²) in [6.07, 6.45) is 0. The van der Waals surface area contributed by atoms with Crippen LogP contribution in [0.3, 0.4) is 0 Å². The first-order chi connectivity index (χ1) is 8.10. The molecule has 0 spiro atoms. The number of rotatable bonds is 2. The highest BCUT2D eigenvalue weighted by molar-refractivity contribution is 6.33. The zero-order valence-electron chi connectivity index (χ0n) is 8.95. The number of nitrogen functional groups attached to an aromatic ring is 1. The van der Waals surface area contributed by atoms with Crippen molar-refractivity contribution in [3.05, 3.63) is 35.1 Å². The van der Waals surface area contributed by atoms with Crippen molar-refractivity contribution >= 4 is 17.5 Å². The maximum atomic E-state index is 13.2. The van der Waals surface area contributed by atoms with Crippen LogP contribution in [0.2, 0.25) is 5.02 Å². The number of halogens is 2. The molecule has 6 heteroatoms. The fourth-order valence-electron chi connectivity index (χ4n) is 1.38. The van der Waals surface area contributed by atoms with Crippen LogP contribution in [-0.4, -0.2) is 17.1 Å². The Morgan fingerprint density at radius 2 is 2.06 bits per heavy atom. The molecule has 0 unspecified atom stereocenters. The van der Waals surface area contributed by atoms with Crippen molar-refractivity contribution in [3.8, 4) is 17.1 Å². The van der Waals surface area contributed by atoms with Gasteiger partial charge in [-0.1, -0.05) is 11.6 Å². The third kappa shape index (κ3) is 2.45. The van der Waals surface area contributed by atoms with E-state index in [4.69, 9.17) is 22.1 Å². The SMILES string of the molecule is COc1cc(-c2cc(F)ccc2Cl)nc(N)n1. The average molecular weight is 254 g/mol. The lowest BCUT2D eigenvalue weighted by molar-refractivity contribution is 0.398. The Kier molecular flexibility index (Phi) is 3.10. The third-order valence-electron chi connectivity index (χ3n) is 2.13. The van der Waals surface area contributed by atoms with Gasteiger partial charge in [0.05, 0.1) is 17.8 Å². The largest absolute Gasteiger partial charge is 0.481 e. The van der Waals surface area contributed by atoms with Crippen LogP contribution in [0.4, 0.5) is 10.3 Å². The number of hydrogen-bond acceptors (Lipinski definition) is 4. The Hall–Kier alpha value is -1.88. The molecule has 1 aromatic heterocycles. The maximum Gasteiger partial charge on any atom is 0.223 e. The minimum Gasteiger partial charge on any atom is -0.481 e. The van der Waals surface area contributed by atoms with Crippen molar-refractivity contribution in [2.24, 2.45) is 0 Å². The van der Waals surface area contributed by atoms with Crippen LogP contribution in [0.15, 0.2) is 24.3 Å². The summed E-state index contributed by atoms with van der Waals surface area (Å²) in [6, 6.07) is 5.55. The first kappa shape index (κ1) is 11.6. The van der Waals surface area contributed by atoms with E-state index in [1.807, 2.05) is 0 Å². The zero-order chi connectivity index (χ0) is 12.4. The van der Waals surface area contributed by atoms with Crippen LogP contribution in [0, 0.1) is 5.82 Å². The van der Waals surface area contributed by atoms with Crippen molar-refractivity contribution in [3.63, 3.8) is 0 Å². The number of hydrogen-bond donors (Lipinski definition) is 1. The van der Waals surface area contributed by atoms with Crippen molar-refractivity contribution in [2.75, 3.05) is 12.8 Å². The summed E-state index contributed by atoms with van der Waals surface area (Å²) in [5, 5.41) is 0.381. The van der Waals surface area contributed by atoms with E-state index >= 15 is 0 Å². The van der Waals surface area contributed by atoms with Crippen LogP contribution < -0.4 is 10.5 Å². The van der Waals surface area contributed by atoms with Gasteiger partial charge in [-0.3, -0.25) is 0 Å². The van der Waals surface area contributed by atoms with Crippen LogP contribution in [0.25, 0.3) is 11.3 Å². The zero-order valence-corrected chi connectivity index (χ0v) is 9.70. The molecule has 0 atom stereocenters. The predicted molar refractivity (Wildman–Crippen MR) is 63.4 cm³/mol. The van der Waals surface area contributed by atoms with Gasteiger partial charge in [0.25, 0.3) is 0 Å². The Labute approximate surface area is 102 Å². The smallest absolute Gasteiger partial charge is 0.223 e. The number of anilines is 1. The molecule has 0 aliphatic heterocycles. The molecular weight excluding hydrogens is 245 g/mol. The standard InChI is InChI=1S/C11H9ClFN3O/c1-17-10-5-9(15-11(14)16-10)7-4-6(13)2-3-8(7)12/h2-5H,1H3,(H2,14,15,16). The Bertz CT molecular complexity index is 562. The average Bonchev–Trinajstić information content (AvgIpc) is 2.31. The molecule has 1 heterocycles. The number of aromatic nitrogens is 2. The second kappa shape index (κ2) is 4.55. The lowest BCUT2D eigenvalue weighted by Gasteiger charge is -2.06. The molecule has 2 aromatic rings. The minimum absolute atomic E-state index is 0.0414.